The van der Waals surface area contributed by atoms with Gasteiger partial charge in [0.1, 0.15) is 24.1 Å². The Bertz CT molecular complexity index is 988. The third-order valence-electron chi connectivity index (χ3n) is 4.30. The second-order valence-electron chi connectivity index (χ2n) is 7.07. The maximum atomic E-state index is 11.3. The first-order valence-electron chi connectivity index (χ1n) is 9.66. The Morgan fingerprint density at radius 1 is 1.24 bits per heavy atom. The number of ether oxygens (including phenoxy) is 1. The number of amidine groups is 1. The lowest BCUT2D eigenvalue weighted by Gasteiger charge is -2.21. The molecule has 0 radical (unpaired) electrons. The molecule has 1 fully saturated rings. The predicted molar refractivity (Wildman–Crippen MR) is 113 cm³/mol. The molecule has 188 valence electrons. The van der Waals surface area contributed by atoms with Gasteiger partial charge in [-0.1, -0.05) is 0 Å². The third-order valence-corrected chi connectivity index (χ3v) is 5.30. The second kappa shape index (κ2) is 11.6. The highest BCUT2D eigenvalue weighted by molar-refractivity contribution is 7.46. The molecule has 1 aromatic heterocycles. The van der Waals surface area contributed by atoms with Crippen LogP contribution in [0.5, 0.6) is 0 Å². The molecule has 0 amide bonds. The monoisotopic (exact) mass is 514 g/mol. The van der Waals surface area contributed by atoms with Crippen molar-refractivity contribution in [1.29, 1.82) is 0 Å². The molecule has 1 aromatic rings. The van der Waals surface area contributed by atoms with Gasteiger partial charge in [-0.15, -0.1) is 0 Å². The molecule has 16 nitrogen and oxygen atoms in total. The highest BCUT2D eigenvalue weighted by Crippen LogP contribution is 2.45. The number of nitrogens with zero attached hydrogens (tertiary/aromatic N) is 4. The van der Waals surface area contributed by atoms with Gasteiger partial charge in [-0.25, -0.2) is 9.13 Å². The number of unbranched alkanes of at least 4 members (excludes halogenated alkanes) is 1. The number of phosphoric acid groups is 2. The number of hydrogen-bond donors (Lipinski definition) is 7. The summed E-state index contributed by atoms with van der Waals surface area (Å²) in [6, 6.07) is 1.38. The fraction of sp³-hybridized carbons (Fsp3) is 0.667. The number of aliphatic imine (C=N–C) groups is 1. The van der Waals surface area contributed by atoms with E-state index in [1.807, 2.05) is 0 Å². The number of aliphatic hydroxyl groups excluding tert-OH is 1. The number of anilines is 1. The van der Waals surface area contributed by atoms with Crippen LogP contribution in [0.3, 0.4) is 0 Å². The van der Waals surface area contributed by atoms with Gasteiger partial charge in [0.2, 0.25) is 5.62 Å². The molecular weight excluding hydrogens is 486 g/mol. The maximum Gasteiger partial charge on any atom is 0.470 e. The van der Waals surface area contributed by atoms with E-state index >= 15 is 0 Å². The quantitative estimate of drug-likeness (QED) is 0.0758. The van der Waals surface area contributed by atoms with Gasteiger partial charge in [-0.2, -0.15) is 4.98 Å². The van der Waals surface area contributed by atoms with Crippen molar-refractivity contribution in [2.75, 3.05) is 25.4 Å². The fourth-order valence-corrected chi connectivity index (χ4v) is 3.87. The smallest absolute Gasteiger partial charge is 0.388 e. The zero-order valence-electron chi connectivity index (χ0n) is 17.6. The number of phosphoric ester groups is 2. The van der Waals surface area contributed by atoms with Crippen molar-refractivity contribution in [3.8, 4) is 0 Å². The highest BCUT2D eigenvalue weighted by Gasteiger charge is 2.49. The third kappa shape index (κ3) is 9.22. The molecular formula is C15H28N6O10P2. The maximum absolute atomic E-state index is 11.3. The zero-order chi connectivity index (χ0) is 24.8. The van der Waals surface area contributed by atoms with Crippen LogP contribution in [0.15, 0.2) is 22.2 Å². The second-order valence-corrected chi connectivity index (χ2v) is 9.51. The Kier molecular flexibility index (Phi) is 9.70. The van der Waals surface area contributed by atoms with Crippen molar-refractivity contribution in [2.45, 2.75) is 44.3 Å². The standard InChI is InChI=1S/C15H28N6O10P2/c1-9(16)18-5-2-3-6-19-15-20-11(17)4-7-21(15)14-12(22)13(31-33(26,27)28)10(30-14)8-29-32(23,24)25/h4,7,10,12-14,22H,2-3,5-6,8H2,1H3,(H2,16,18)(H2,17,19,20)(H2,23,24,25)(H2,26,27,28)/t10-,12-,13-,14-/m1/s1. The average Bonchev–Trinajstić information content (AvgIpc) is 2.96. The molecule has 0 unspecified atom stereocenters. The molecule has 0 aromatic carbocycles. The van der Waals surface area contributed by atoms with Crippen molar-refractivity contribution < 1.29 is 47.6 Å². The van der Waals surface area contributed by atoms with Crippen LogP contribution in [-0.4, -0.2) is 78.1 Å². The minimum atomic E-state index is -5.10. The summed E-state index contributed by atoms with van der Waals surface area (Å²) in [6.07, 6.45) is -3.43. The van der Waals surface area contributed by atoms with Crippen LogP contribution in [0.25, 0.3) is 0 Å². The molecule has 2 heterocycles. The summed E-state index contributed by atoms with van der Waals surface area (Å²) in [7, 11) is -10.0. The summed E-state index contributed by atoms with van der Waals surface area (Å²) in [5, 5.41) is 10.7. The van der Waals surface area contributed by atoms with Crippen LogP contribution >= 0.6 is 15.6 Å². The SMILES string of the molecule is CC(N)=NCCCCN=c1nc(N)ccn1[C@@H]1O[C@H](COP(=O)(O)O)[C@@H](OP(=O)(O)O)[C@H]1O. The summed E-state index contributed by atoms with van der Waals surface area (Å²) in [5.41, 5.74) is 11.2. The fourth-order valence-electron chi connectivity index (χ4n) is 2.95. The Morgan fingerprint density at radius 3 is 2.52 bits per heavy atom. The Labute approximate surface area is 188 Å². The van der Waals surface area contributed by atoms with Crippen molar-refractivity contribution in [2.24, 2.45) is 15.7 Å². The molecule has 18 heteroatoms. The van der Waals surface area contributed by atoms with E-state index in [2.05, 4.69) is 24.0 Å². The summed E-state index contributed by atoms with van der Waals surface area (Å²) in [5.74, 6) is 0.587. The van der Waals surface area contributed by atoms with E-state index in [-0.39, 0.29) is 11.4 Å². The Hall–Kier alpha value is -1.71. The van der Waals surface area contributed by atoms with E-state index < -0.39 is 46.8 Å². The average molecular weight is 514 g/mol. The number of rotatable bonds is 11. The molecule has 0 spiro atoms. The molecule has 1 aliphatic rings. The molecule has 9 N–H and O–H groups in total. The molecule has 1 saturated heterocycles. The topological polar surface area (TPSA) is 258 Å². The van der Waals surface area contributed by atoms with E-state index in [9.17, 15) is 14.2 Å². The lowest BCUT2D eigenvalue weighted by atomic mass is 10.1. The summed E-state index contributed by atoms with van der Waals surface area (Å²) >= 11 is 0. The number of nitrogens with two attached hydrogens (primary N) is 2. The first-order chi connectivity index (χ1) is 15.3. The number of nitrogen functional groups attached to an aromatic ring is 1. The molecule has 33 heavy (non-hydrogen) atoms. The molecule has 1 aliphatic heterocycles. The first-order valence-corrected chi connectivity index (χ1v) is 12.7. The molecule has 0 bridgehead atoms. The number of aliphatic hydroxyl groups is 1. The normalized spacial score (nSPS) is 25.0. The van der Waals surface area contributed by atoms with Crippen LogP contribution in [0.4, 0.5) is 5.82 Å². The van der Waals surface area contributed by atoms with Gasteiger partial charge in [0.05, 0.1) is 12.4 Å². The van der Waals surface area contributed by atoms with E-state index in [1.165, 1.54) is 16.8 Å². The number of aromatic nitrogens is 2. The predicted octanol–water partition coefficient (Wildman–Crippen LogP) is -1.63. The van der Waals surface area contributed by atoms with Gasteiger partial charge >= 0.3 is 15.6 Å². The van der Waals surface area contributed by atoms with Crippen molar-refractivity contribution >= 4 is 27.3 Å². The van der Waals surface area contributed by atoms with Crippen LogP contribution in [0.1, 0.15) is 26.0 Å². The van der Waals surface area contributed by atoms with Crippen LogP contribution < -0.4 is 17.1 Å². The summed E-state index contributed by atoms with van der Waals surface area (Å²) < 4.78 is 38.2. The molecule has 4 atom stereocenters. The Morgan fingerprint density at radius 2 is 1.91 bits per heavy atom. The van der Waals surface area contributed by atoms with Gasteiger partial charge in [0.25, 0.3) is 0 Å². The lowest BCUT2D eigenvalue weighted by molar-refractivity contribution is -0.0545. The highest BCUT2D eigenvalue weighted by atomic mass is 31.2. The first kappa shape index (κ1) is 27.5. The Balaban J connectivity index is 2.26. The van der Waals surface area contributed by atoms with Crippen molar-refractivity contribution in [1.82, 2.24) is 9.55 Å². The van der Waals surface area contributed by atoms with Crippen LogP contribution in [0.2, 0.25) is 0 Å². The van der Waals surface area contributed by atoms with Gasteiger partial charge in [0.15, 0.2) is 6.23 Å². The van der Waals surface area contributed by atoms with Gasteiger partial charge < -0.3 is 40.9 Å². The largest absolute Gasteiger partial charge is 0.470 e. The minimum Gasteiger partial charge on any atom is -0.388 e. The van der Waals surface area contributed by atoms with Crippen LogP contribution in [-0.2, 0) is 22.9 Å². The summed E-state index contributed by atoms with van der Waals surface area (Å²) in [6.45, 7) is 1.69. The zero-order valence-corrected chi connectivity index (χ0v) is 19.4. The lowest BCUT2D eigenvalue weighted by Crippen LogP contribution is -2.38. The molecule has 0 saturated carbocycles. The van der Waals surface area contributed by atoms with Crippen LogP contribution in [0, 0.1) is 0 Å². The summed E-state index contributed by atoms with van der Waals surface area (Å²) in [4.78, 5) is 48.7. The van der Waals surface area contributed by atoms with E-state index in [1.54, 1.807) is 6.92 Å². The molecule has 0 aliphatic carbocycles. The van der Waals surface area contributed by atoms with Crippen molar-refractivity contribution in [3.05, 3.63) is 17.9 Å². The van der Waals surface area contributed by atoms with Gasteiger partial charge in [0, 0.05) is 19.3 Å². The van der Waals surface area contributed by atoms with Gasteiger partial charge in [-0.3, -0.25) is 23.6 Å². The van der Waals surface area contributed by atoms with Gasteiger partial charge in [-0.05, 0) is 25.8 Å². The van der Waals surface area contributed by atoms with E-state index in [0.29, 0.717) is 31.8 Å². The van der Waals surface area contributed by atoms with E-state index in [4.69, 9.17) is 35.8 Å². The molecule has 2 rings (SSSR count). The van der Waals surface area contributed by atoms with E-state index in [0.717, 1.165) is 0 Å². The number of hydrogen-bond acceptors (Lipinski definition) is 10. The minimum absolute atomic E-state index is 0.0454. The van der Waals surface area contributed by atoms with Crippen molar-refractivity contribution in [3.63, 3.8) is 0 Å².